The van der Waals surface area contributed by atoms with Crippen LogP contribution in [0.15, 0.2) is 34.2 Å². The Bertz CT molecular complexity index is 1110. The molecular weight excluding hydrogens is 400 g/mol. The molecule has 0 spiro atoms. The van der Waals surface area contributed by atoms with Crippen molar-refractivity contribution < 1.29 is 4.74 Å². The lowest BCUT2D eigenvalue weighted by Crippen LogP contribution is -2.32. The number of aromatic nitrogens is 2. The number of hydrogen-bond acceptors (Lipinski definition) is 5. The lowest BCUT2D eigenvalue weighted by atomic mass is 9.94. The van der Waals surface area contributed by atoms with Crippen LogP contribution in [0.1, 0.15) is 50.1 Å². The first-order valence-electron chi connectivity index (χ1n) is 10.2. The minimum Gasteiger partial charge on any atom is -0.370 e. The summed E-state index contributed by atoms with van der Waals surface area (Å²) in [4.78, 5) is 20.7. The molecule has 0 atom stereocenters. The smallest absolute Gasteiger partial charge is 0.267 e. The van der Waals surface area contributed by atoms with Gasteiger partial charge in [-0.15, -0.1) is 11.3 Å². The van der Waals surface area contributed by atoms with Crippen molar-refractivity contribution in [1.82, 2.24) is 9.55 Å². The van der Waals surface area contributed by atoms with Gasteiger partial charge in [0.25, 0.3) is 5.56 Å². The third kappa shape index (κ3) is 4.16. The van der Waals surface area contributed by atoms with Crippen molar-refractivity contribution in [2.45, 2.75) is 64.8 Å². The van der Waals surface area contributed by atoms with Crippen molar-refractivity contribution in [1.29, 1.82) is 0 Å². The second-order valence-corrected chi connectivity index (χ2v) is 11.0. The summed E-state index contributed by atoms with van der Waals surface area (Å²) in [7, 11) is 0. The molecule has 0 saturated heterocycles. The second-order valence-electron chi connectivity index (χ2n) is 8.81. The average molecular weight is 429 g/mol. The van der Waals surface area contributed by atoms with E-state index in [1.165, 1.54) is 0 Å². The highest BCUT2D eigenvalue weighted by Crippen LogP contribution is 2.38. The topological polar surface area (TPSA) is 44.1 Å². The molecule has 0 amide bonds. The molecule has 0 radical (unpaired) electrons. The zero-order valence-corrected chi connectivity index (χ0v) is 19.4. The molecule has 1 aliphatic rings. The van der Waals surface area contributed by atoms with Crippen LogP contribution >= 0.6 is 23.1 Å². The summed E-state index contributed by atoms with van der Waals surface area (Å²) in [5, 5.41) is 1.56. The quantitative estimate of drug-likeness (QED) is 0.384. The van der Waals surface area contributed by atoms with E-state index in [4.69, 9.17) is 9.72 Å². The molecule has 1 aromatic carbocycles. The Morgan fingerprint density at radius 3 is 2.86 bits per heavy atom. The van der Waals surface area contributed by atoms with Crippen LogP contribution in [0.5, 0.6) is 0 Å². The minimum absolute atomic E-state index is 0.0443. The fourth-order valence-electron chi connectivity index (χ4n) is 3.65. The van der Waals surface area contributed by atoms with Crippen LogP contribution in [0.2, 0.25) is 0 Å². The van der Waals surface area contributed by atoms with Gasteiger partial charge in [-0.3, -0.25) is 9.36 Å². The molecular formula is C23H28N2O2S2. The van der Waals surface area contributed by atoms with Crippen molar-refractivity contribution in [3.63, 3.8) is 0 Å². The maximum atomic E-state index is 13.8. The van der Waals surface area contributed by atoms with Gasteiger partial charge in [-0.25, -0.2) is 4.98 Å². The maximum Gasteiger partial charge on any atom is 0.267 e. The third-order valence-corrected chi connectivity index (χ3v) is 7.33. The van der Waals surface area contributed by atoms with Crippen LogP contribution in [0.3, 0.4) is 0 Å². The van der Waals surface area contributed by atoms with E-state index in [0.29, 0.717) is 12.5 Å². The molecule has 6 heteroatoms. The van der Waals surface area contributed by atoms with Crippen molar-refractivity contribution in [3.8, 4) is 5.69 Å². The molecule has 4 rings (SSSR count). The van der Waals surface area contributed by atoms with Gasteiger partial charge in [-0.05, 0) is 56.4 Å². The van der Waals surface area contributed by atoms with Gasteiger partial charge >= 0.3 is 0 Å². The van der Waals surface area contributed by atoms with Gasteiger partial charge in [0.2, 0.25) is 0 Å². The van der Waals surface area contributed by atoms with Crippen LogP contribution in [0, 0.1) is 12.8 Å². The van der Waals surface area contributed by atoms with E-state index >= 15 is 0 Å². The van der Waals surface area contributed by atoms with E-state index in [0.717, 1.165) is 55.7 Å². The molecule has 29 heavy (non-hydrogen) atoms. The van der Waals surface area contributed by atoms with Crippen molar-refractivity contribution >= 4 is 33.3 Å². The Kier molecular flexibility index (Phi) is 5.62. The van der Waals surface area contributed by atoms with Gasteiger partial charge in [0.15, 0.2) is 5.16 Å². The van der Waals surface area contributed by atoms with Crippen molar-refractivity contribution in [3.05, 3.63) is 50.6 Å². The van der Waals surface area contributed by atoms with E-state index in [1.54, 1.807) is 23.1 Å². The lowest BCUT2D eigenvalue weighted by Gasteiger charge is -2.29. The predicted octanol–water partition coefficient (Wildman–Crippen LogP) is 5.75. The van der Waals surface area contributed by atoms with E-state index in [9.17, 15) is 4.79 Å². The Labute approximate surface area is 180 Å². The number of ether oxygens (including phenoxy) is 1. The Hall–Kier alpha value is -1.63. The van der Waals surface area contributed by atoms with Crippen molar-refractivity contribution in [2.24, 2.45) is 5.92 Å². The van der Waals surface area contributed by atoms with Gasteiger partial charge in [-0.2, -0.15) is 0 Å². The number of rotatable bonds is 5. The zero-order chi connectivity index (χ0) is 20.8. The lowest BCUT2D eigenvalue weighted by molar-refractivity contribution is -0.0379. The first-order chi connectivity index (χ1) is 13.7. The molecule has 0 fully saturated rings. The first kappa shape index (κ1) is 20.6. The summed E-state index contributed by atoms with van der Waals surface area (Å²) in [6.07, 6.45) is 1.84. The van der Waals surface area contributed by atoms with Gasteiger partial charge in [0.1, 0.15) is 4.83 Å². The standard InChI is InChI=1S/C23H28N2O2S2/c1-14(2)9-10-28-22-24-20-19(17-12-23(4,5)27-13-18(17)29-20)21(26)25(22)16-8-6-7-15(3)11-16/h6-8,11,14H,9-10,12-13H2,1-5H3. The Morgan fingerprint density at radius 1 is 1.34 bits per heavy atom. The summed E-state index contributed by atoms with van der Waals surface area (Å²) in [5.74, 6) is 1.57. The number of hydrogen-bond donors (Lipinski definition) is 0. The average Bonchev–Trinajstić information content (AvgIpc) is 2.98. The number of thiophene rings is 1. The highest BCUT2D eigenvalue weighted by atomic mass is 32.2. The molecule has 0 saturated carbocycles. The van der Waals surface area contributed by atoms with Crippen molar-refractivity contribution in [2.75, 3.05) is 5.75 Å². The summed E-state index contributed by atoms with van der Waals surface area (Å²) in [6.45, 7) is 11.2. The molecule has 1 aliphatic heterocycles. The summed E-state index contributed by atoms with van der Waals surface area (Å²) in [6, 6.07) is 8.12. The van der Waals surface area contributed by atoms with Gasteiger partial charge in [-0.1, -0.05) is 37.7 Å². The highest BCUT2D eigenvalue weighted by Gasteiger charge is 2.31. The number of aryl methyl sites for hydroxylation is 1. The fraction of sp³-hybridized carbons (Fsp3) is 0.478. The molecule has 0 bridgehead atoms. The molecule has 2 aromatic heterocycles. The SMILES string of the molecule is Cc1cccc(-n2c(SCCC(C)C)nc3sc4c(c3c2=O)CC(C)(C)OC4)c1. The Balaban J connectivity index is 1.91. The third-order valence-electron chi connectivity index (χ3n) is 5.26. The second kappa shape index (κ2) is 7.89. The van der Waals surface area contributed by atoms with Gasteiger partial charge < -0.3 is 4.74 Å². The molecule has 3 heterocycles. The van der Waals surface area contributed by atoms with Crippen LogP contribution in [0.4, 0.5) is 0 Å². The molecule has 0 N–H and O–H groups in total. The summed E-state index contributed by atoms with van der Waals surface area (Å²) >= 11 is 3.29. The van der Waals surface area contributed by atoms with Gasteiger partial charge in [0, 0.05) is 17.1 Å². The maximum absolute atomic E-state index is 13.8. The molecule has 3 aromatic rings. The number of benzene rings is 1. The minimum atomic E-state index is -0.258. The molecule has 154 valence electrons. The largest absolute Gasteiger partial charge is 0.370 e. The summed E-state index contributed by atoms with van der Waals surface area (Å²) in [5.41, 5.74) is 2.94. The van der Waals surface area contributed by atoms with Gasteiger partial charge in [0.05, 0.1) is 23.3 Å². The van der Waals surface area contributed by atoms with E-state index in [-0.39, 0.29) is 11.2 Å². The predicted molar refractivity (Wildman–Crippen MR) is 123 cm³/mol. The normalized spacial score (nSPS) is 15.8. The fourth-order valence-corrected chi connectivity index (χ4v) is 6.05. The zero-order valence-electron chi connectivity index (χ0n) is 17.7. The molecule has 4 nitrogen and oxygen atoms in total. The van der Waals surface area contributed by atoms with E-state index in [2.05, 4.69) is 46.8 Å². The van der Waals surface area contributed by atoms with Crippen LogP contribution in [-0.2, 0) is 17.8 Å². The summed E-state index contributed by atoms with van der Waals surface area (Å²) < 4.78 is 7.80. The van der Waals surface area contributed by atoms with Crippen LogP contribution < -0.4 is 5.56 Å². The number of thioether (sulfide) groups is 1. The Morgan fingerprint density at radius 2 is 2.14 bits per heavy atom. The monoisotopic (exact) mass is 428 g/mol. The first-order valence-corrected chi connectivity index (χ1v) is 12.0. The number of nitrogens with zero attached hydrogens (tertiary/aromatic N) is 2. The molecule has 0 aliphatic carbocycles. The number of fused-ring (bicyclic) bond motifs is 3. The molecule has 0 unspecified atom stereocenters. The van der Waals surface area contributed by atoms with Crippen LogP contribution in [0.25, 0.3) is 15.9 Å². The van der Waals surface area contributed by atoms with E-state index in [1.807, 2.05) is 16.7 Å². The highest BCUT2D eigenvalue weighted by molar-refractivity contribution is 7.99. The van der Waals surface area contributed by atoms with Crippen LogP contribution in [-0.4, -0.2) is 20.9 Å². The van der Waals surface area contributed by atoms with E-state index < -0.39 is 0 Å².